The fraction of sp³-hybridized carbons (Fsp3) is 0.231. The van der Waals surface area contributed by atoms with Crippen LogP contribution in [0.5, 0.6) is 11.6 Å². The zero-order chi connectivity index (χ0) is 12.8. The molecule has 0 amide bonds. The Morgan fingerprint density at radius 1 is 1.00 bits per heavy atom. The number of aromatic nitrogens is 2. The van der Waals surface area contributed by atoms with Gasteiger partial charge in [-0.1, -0.05) is 0 Å². The van der Waals surface area contributed by atoms with Crippen LogP contribution in [-0.2, 0) is 4.74 Å². The number of hydrogen-bond donors (Lipinski definition) is 0. The van der Waals surface area contributed by atoms with Crippen molar-refractivity contribution >= 4 is 0 Å². The third-order valence-corrected chi connectivity index (χ3v) is 2.33. The van der Waals surface area contributed by atoms with E-state index in [1.165, 1.54) is 0 Å². The van der Waals surface area contributed by atoms with Crippen LogP contribution in [0.25, 0.3) is 11.3 Å². The molecule has 0 unspecified atom stereocenters. The second-order valence-corrected chi connectivity index (χ2v) is 3.49. The molecule has 2 rings (SSSR count). The first kappa shape index (κ1) is 12.3. The lowest BCUT2D eigenvalue weighted by molar-refractivity contribution is 0.0511. The first-order chi connectivity index (χ1) is 8.85. The van der Waals surface area contributed by atoms with Gasteiger partial charge in [0.25, 0.3) is 0 Å². The first-order valence-electron chi connectivity index (χ1n) is 5.42. The Morgan fingerprint density at radius 3 is 2.39 bits per heavy atom. The van der Waals surface area contributed by atoms with Crippen LogP contribution in [0, 0.1) is 0 Å². The summed E-state index contributed by atoms with van der Waals surface area (Å²) in [6, 6.07) is 7.50. The molecule has 5 nitrogen and oxygen atoms in total. The SMILES string of the molecule is COCOc1ccc(-c2nccnc2OC)cc1. The second-order valence-electron chi connectivity index (χ2n) is 3.49. The molecule has 0 aliphatic rings. The smallest absolute Gasteiger partial charge is 0.240 e. The van der Waals surface area contributed by atoms with Gasteiger partial charge in [0.05, 0.1) is 7.11 Å². The van der Waals surface area contributed by atoms with Crippen LogP contribution in [0.1, 0.15) is 0 Å². The fourth-order valence-corrected chi connectivity index (χ4v) is 1.51. The summed E-state index contributed by atoms with van der Waals surface area (Å²) in [5, 5.41) is 0. The van der Waals surface area contributed by atoms with Crippen LogP contribution in [0.4, 0.5) is 0 Å². The average molecular weight is 246 g/mol. The monoisotopic (exact) mass is 246 g/mol. The molecule has 0 atom stereocenters. The molecule has 0 aliphatic heterocycles. The maximum Gasteiger partial charge on any atom is 0.240 e. The minimum absolute atomic E-state index is 0.230. The number of nitrogens with zero attached hydrogens (tertiary/aromatic N) is 2. The summed E-state index contributed by atoms with van der Waals surface area (Å²) in [6.07, 6.45) is 3.23. The quantitative estimate of drug-likeness (QED) is 0.756. The molecule has 1 aromatic carbocycles. The molecule has 0 fully saturated rings. The molecular weight excluding hydrogens is 232 g/mol. The zero-order valence-electron chi connectivity index (χ0n) is 10.3. The van der Waals surface area contributed by atoms with E-state index in [1.54, 1.807) is 26.6 Å². The van der Waals surface area contributed by atoms with Crippen LogP contribution < -0.4 is 9.47 Å². The van der Waals surface area contributed by atoms with E-state index in [-0.39, 0.29) is 6.79 Å². The van der Waals surface area contributed by atoms with Gasteiger partial charge in [-0.25, -0.2) is 9.97 Å². The lowest BCUT2D eigenvalue weighted by Gasteiger charge is -2.07. The Hall–Kier alpha value is -2.14. The number of hydrogen-bond acceptors (Lipinski definition) is 5. The summed E-state index contributed by atoms with van der Waals surface area (Å²) >= 11 is 0. The molecule has 18 heavy (non-hydrogen) atoms. The van der Waals surface area contributed by atoms with Gasteiger partial charge in [-0.05, 0) is 24.3 Å². The van der Waals surface area contributed by atoms with Crippen molar-refractivity contribution in [3.63, 3.8) is 0 Å². The van der Waals surface area contributed by atoms with Crippen molar-refractivity contribution in [1.82, 2.24) is 9.97 Å². The van der Waals surface area contributed by atoms with Gasteiger partial charge in [0.2, 0.25) is 5.88 Å². The van der Waals surface area contributed by atoms with E-state index in [0.29, 0.717) is 11.6 Å². The molecule has 0 radical (unpaired) electrons. The maximum absolute atomic E-state index is 5.31. The van der Waals surface area contributed by atoms with Crippen molar-refractivity contribution in [3.8, 4) is 22.9 Å². The third-order valence-electron chi connectivity index (χ3n) is 2.33. The van der Waals surface area contributed by atoms with Gasteiger partial charge in [0.1, 0.15) is 11.4 Å². The van der Waals surface area contributed by atoms with Gasteiger partial charge in [0.15, 0.2) is 6.79 Å². The average Bonchev–Trinajstić information content (AvgIpc) is 2.45. The summed E-state index contributed by atoms with van der Waals surface area (Å²) in [5.74, 6) is 1.24. The Balaban J connectivity index is 2.23. The fourth-order valence-electron chi connectivity index (χ4n) is 1.51. The minimum Gasteiger partial charge on any atom is -0.479 e. The lowest BCUT2D eigenvalue weighted by Crippen LogP contribution is -1.98. The summed E-state index contributed by atoms with van der Waals surface area (Å²) in [5.41, 5.74) is 1.63. The number of ether oxygens (including phenoxy) is 3. The molecule has 0 spiro atoms. The van der Waals surface area contributed by atoms with Crippen molar-refractivity contribution in [2.45, 2.75) is 0 Å². The molecular formula is C13H14N2O3. The van der Waals surface area contributed by atoms with Crippen molar-refractivity contribution in [2.24, 2.45) is 0 Å². The largest absolute Gasteiger partial charge is 0.479 e. The van der Waals surface area contributed by atoms with Crippen molar-refractivity contribution in [2.75, 3.05) is 21.0 Å². The molecule has 0 saturated carbocycles. The van der Waals surface area contributed by atoms with Crippen molar-refractivity contribution in [3.05, 3.63) is 36.7 Å². The van der Waals surface area contributed by atoms with Crippen LogP contribution >= 0.6 is 0 Å². The molecule has 94 valence electrons. The van der Waals surface area contributed by atoms with Gasteiger partial charge in [-0.3, -0.25) is 0 Å². The van der Waals surface area contributed by atoms with E-state index in [4.69, 9.17) is 14.2 Å². The minimum atomic E-state index is 0.230. The highest BCUT2D eigenvalue weighted by atomic mass is 16.7. The highest BCUT2D eigenvalue weighted by Crippen LogP contribution is 2.26. The summed E-state index contributed by atoms with van der Waals surface area (Å²) in [7, 11) is 3.16. The Bertz CT molecular complexity index is 500. The molecule has 0 aliphatic carbocycles. The molecule has 0 N–H and O–H groups in total. The zero-order valence-corrected chi connectivity index (χ0v) is 10.3. The lowest BCUT2D eigenvalue weighted by atomic mass is 10.1. The number of rotatable bonds is 5. The van der Waals surface area contributed by atoms with Gasteiger partial charge in [-0.15, -0.1) is 0 Å². The number of benzene rings is 1. The first-order valence-corrected chi connectivity index (χ1v) is 5.42. The predicted molar refractivity (Wildman–Crippen MR) is 66.5 cm³/mol. The maximum atomic E-state index is 5.31. The standard InChI is InChI=1S/C13H14N2O3/c1-16-9-18-11-5-3-10(4-6-11)12-13(17-2)15-8-7-14-12/h3-8H,9H2,1-2H3. The number of methoxy groups -OCH3 is 2. The normalized spacial score (nSPS) is 10.1. The third kappa shape index (κ3) is 2.75. The van der Waals surface area contributed by atoms with Crippen LogP contribution in [0.15, 0.2) is 36.7 Å². The van der Waals surface area contributed by atoms with Crippen LogP contribution in [0.3, 0.4) is 0 Å². The van der Waals surface area contributed by atoms with Crippen LogP contribution in [0.2, 0.25) is 0 Å². The van der Waals surface area contributed by atoms with Crippen molar-refractivity contribution < 1.29 is 14.2 Å². The van der Waals surface area contributed by atoms with E-state index in [0.717, 1.165) is 11.3 Å². The topological polar surface area (TPSA) is 53.5 Å². The van der Waals surface area contributed by atoms with Gasteiger partial charge < -0.3 is 14.2 Å². The van der Waals surface area contributed by atoms with E-state index >= 15 is 0 Å². The Kier molecular flexibility index (Phi) is 4.09. The molecule has 5 heteroatoms. The molecule has 0 saturated heterocycles. The van der Waals surface area contributed by atoms with E-state index < -0.39 is 0 Å². The summed E-state index contributed by atoms with van der Waals surface area (Å²) < 4.78 is 15.3. The predicted octanol–water partition coefficient (Wildman–Crippen LogP) is 2.13. The van der Waals surface area contributed by atoms with Gasteiger partial charge in [-0.2, -0.15) is 0 Å². The van der Waals surface area contributed by atoms with Gasteiger partial charge in [0, 0.05) is 25.1 Å². The van der Waals surface area contributed by atoms with Crippen LogP contribution in [-0.4, -0.2) is 31.0 Å². The highest BCUT2D eigenvalue weighted by Gasteiger charge is 2.07. The second kappa shape index (κ2) is 5.97. The van der Waals surface area contributed by atoms with E-state index in [1.807, 2.05) is 24.3 Å². The van der Waals surface area contributed by atoms with Gasteiger partial charge >= 0.3 is 0 Å². The van der Waals surface area contributed by atoms with E-state index in [2.05, 4.69) is 9.97 Å². The molecule has 0 bridgehead atoms. The molecule has 1 heterocycles. The Morgan fingerprint density at radius 2 is 1.72 bits per heavy atom. The summed E-state index contributed by atoms with van der Waals surface area (Å²) in [4.78, 5) is 8.37. The van der Waals surface area contributed by atoms with E-state index in [9.17, 15) is 0 Å². The molecule has 2 aromatic rings. The highest BCUT2D eigenvalue weighted by molar-refractivity contribution is 5.64. The Labute approximate surface area is 105 Å². The van der Waals surface area contributed by atoms with Crippen molar-refractivity contribution in [1.29, 1.82) is 0 Å². The summed E-state index contributed by atoms with van der Waals surface area (Å²) in [6.45, 7) is 0.230. The molecule has 1 aromatic heterocycles.